The standard InChI is InChI=1S/C3H6N2O.C3H4N2O.C3H4N2/c2*6-3-1-2-4-5-3;1-2-5-3-4-1/h4H,1-2H2,(H,5,6);2H,1H2,(H,5,6);1-3H,(H,4,5). The maximum atomic E-state index is 10.1. The molecule has 2 aliphatic heterocycles. The molecule has 92 valence electrons. The molecule has 0 spiro atoms. The van der Waals surface area contributed by atoms with Gasteiger partial charge in [0.1, 0.15) is 0 Å². The maximum absolute atomic E-state index is 10.1. The Morgan fingerprint density at radius 1 is 1.24 bits per heavy atom. The van der Waals surface area contributed by atoms with Gasteiger partial charge in [-0.2, -0.15) is 5.10 Å². The van der Waals surface area contributed by atoms with Gasteiger partial charge in [0.2, 0.25) is 11.8 Å². The summed E-state index contributed by atoms with van der Waals surface area (Å²) >= 11 is 0. The largest absolute Gasteiger partial charge is 0.351 e. The van der Waals surface area contributed by atoms with E-state index in [9.17, 15) is 9.59 Å². The lowest BCUT2D eigenvalue weighted by molar-refractivity contribution is -0.120. The molecular formula is C9H14N6O2. The quantitative estimate of drug-likeness (QED) is 0.460. The first-order chi connectivity index (χ1) is 8.29. The van der Waals surface area contributed by atoms with Gasteiger partial charge >= 0.3 is 0 Å². The van der Waals surface area contributed by atoms with Crippen molar-refractivity contribution in [2.24, 2.45) is 5.10 Å². The molecule has 1 aromatic rings. The summed E-state index contributed by atoms with van der Waals surface area (Å²) in [4.78, 5) is 26.5. The highest BCUT2D eigenvalue weighted by molar-refractivity contribution is 5.93. The van der Waals surface area contributed by atoms with E-state index in [2.05, 4.69) is 31.3 Å². The molecular weight excluding hydrogens is 224 g/mol. The van der Waals surface area contributed by atoms with Crippen molar-refractivity contribution in [3.05, 3.63) is 18.7 Å². The van der Waals surface area contributed by atoms with Gasteiger partial charge < -0.3 is 4.98 Å². The van der Waals surface area contributed by atoms with Crippen LogP contribution in [0.1, 0.15) is 12.8 Å². The van der Waals surface area contributed by atoms with Crippen LogP contribution >= 0.6 is 0 Å². The lowest BCUT2D eigenvalue weighted by Crippen LogP contribution is -2.25. The van der Waals surface area contributed by atoms with Crippen LogP contribution in [0.15, 0.2) is 23.8 Å². The SMILES string of the molecule is O=C1CC=NN1.O=C1CCNN1.c1c[nH]cn1. The second-order valence-electron chi connectivity index (χ2n) is 3.04. The number of rotatable bonds is 0. The predicted molar refractivity (Wildman–Crippen MR) is 60.6 cm³/mol. The van der Waals surface area contributed by atoms with Crippen LogP contribution in [0.2, 0.25) is 0 Å². The van der Waals surface area contributed by atoms with E-state index in [1.54, 1.807) is 24.9 Å². The van der Waals surface area contributed by atoms with E-state index in [0.29, 0.717) is 12.8 Å². The first kappa shape index (κ1) is 12.8. The second kappa shape index (κ2) is 7.99. The molecule has 0 aliphatic carbocycles. The molecule has 8 nitrogen and oxygen atoms in total. The molecule has 0 bridgehead atoms. The minimum absolute atomic E-state index is 0.0185. The first-order valence-corrected chi connectivity index (χ1v) is 5.04. The zero-order chi connectivity index (χ0) is 12.3. The summed E-state index contributed by atoms with van der Waals surface area (Å²) in [6, 6.07) is 0. The predicted octanol–water partition coefficient (Wildman–Crippen LogP) is -1.09. The van der Waals surface area contributed by atoms with Crippen molar-refractivity contribution in [3.63, 3.8) is 0 Å². The molecule has 0 saturated carbocycles. The Morgan fingerprint density at radius 2 is 2.12 bits per heavy atom. The summed E-state index contributed by atoms with van der Waals surface area (Å²) in [7, 11) is 0. The van der Waals surface area contributed by atoms with Crippen molar-refractivity contribution in [3.8, 4) is 0 Å². The number of hydrazine groups is 1. The summed E-state index contributed by atoms with van der Waals surface area (Å²) in [5.74, 6) is 0.0741. The van der Waals surface area contributed by atoms with E-state index >= 15 is 0 Å². The number of nitrogens with one attached hydrogen (secondary N) is 4. The van der Waals surface area contributed by atoms with Gasteiger partial charge in [0, 0.05) is 31.6 Å². The first-order valence-electron chi connectivity index (χ1n) is 5.04. The lowest BCUT2D eigenvalue weighted by atomic mass is 10.5. The van der Waals surface area contributed by atoms with E-state index in [1.807, 2.05) is 0 Å². The van der Waals surface area contributed by atoms with Crippen LogP contribution in [-0.2, 0) is 9.59 Å². The average molecular weight is 238 g/mol. The van der Waals surface area contributed by atoms with Crippen molar-refractivity contribution >= 4 is 18.0 Å². The molecule has 17 heavy (non-hydrogen) atoms. The fourth-order valence-corrected chi connectivity index (χ4v) is 0.907. The van der Waals surface area contributed by atoms with Crippen molar-refractivity contribution < 1.29 is 9.59 Å². The number of H-pyrrole nitrogens is 1. The number of aromatic nitrogens is 2. The maximum Gasteiger partial charge on any atom is 0.245 e. The molecule has 0 atom stereocenters. The van der Waals surface area contributed by atoms with E-state index < -0.39 is 0 Å². The number of hydrogen-bond acceptors (Lipinski definition) is 5. The topological polar surface area (TPSA) is 111 Å². The van der Waals surface area contributed by atoms with Crippen LogP contribution in [-0.4, -0.2) is 34.5 Å². The highest BCUT2D eigenvalue weighted by atomic mass is 16.2. The van der Waals surface area contributed by atoms with Crippen LogP contribution in [0, 0.1) is 0 Å². The van der Waals surface area contributed by atoms with E-state index in [1.165, 1.54) is 0 Å². The highest BCUT2D eigenvalue weighted by Crippen LogP contribution is 1.80. The van der Waals surface area contributed by atoms with Gasteiger partial charge in [0.15, 0.2) is 0 Å². The molecule has 1 saturated heterocycles. The zero-order valence-corrected chi connectivity index (χ0v) is 9.14. The third-order valence-electron chi connectivity index (χ3n) is 1.67. The van der Waals surface area contributed by atoms with E-state index in [4.69, 9.17) is 0 Å². The summed E-state index contributed by atoms with van der Waals surface area (Å²) in [5, 5.41) is 3.44. The monoisotopic (exact) mass is 238 g/mol. The van der Waals surface area contributed by atoms with Gasteiger partial charge in [-0.15, -0.1) is 0 Å². The number of hydrogen-bond donors (Lipinski definition) is 4. The molecule has 0 aromatic carbocycles. The smallest absolute Gasteiger partial charge is 0.245 e. The zero-order valence-electron chi connectivity index (χ0n) is 9.14. The Kier molecular flexibility index (Phi) is 6.04. The Bertz CT molecular complexity index is 324. The molecule has 0 radical (unpaired) electrons. The number of imidazole rings is 1. The minimum Gasteiger partial charge on any atom is -0.351 e. The van der Waals surface area contributed by atoms with Crippen LogP contribution in [0.5, 0.6) is 0 Å². The summed E-state index contributed by atoms with van der Waals surface area (Å²) in [6.07, 6.45) is 7.70. The number of hydrazone groups is 1. The van der Waals surface area contributed by atoms with Gasteiger partial charge in [-0.05, 0) is 0 Å². The van der Waals surface area contributed by atoms with Crippen molar-refractivity contribution in [2.45, 2.75) is 12.8 Å². The molecule has 2 aliphatic rings. The third kappa shape index (κ3) is 6.79. The average Bonchev–Trinajstić information content (AvgIpc) is 2.99. The highest BCUT2D eigenvalue weighted by Gasteiger charge is 2.04. The van der Waals surface area contributed by atoms with Crippen LogP contribution < -0.4 is 16.3 Å². The Hall–Kier alpha value is -2.22. The minimum atomic E-state index is -0.0185. The molecule has 1 aromatic heterocycles. The lowest BCUT2D eigenvalue weighted by Gasteiger charge is -1.83. The van der Waals surface area contributed by atoms with Gasteiger partial charge in [-0.3, -0.25) is 15.0 Å². The van der Waals surface area contributed by atoms with Crippen LogP contribution in [0.25, 0.3) is 0 Å². The fraction of sp³-hybridized carbons (Fsp3) is 0.333. The van der Waals surface area contributed by atoms with Gasteiger partial charge in [0.05, 0.1) is 12.7 Å². The number of nitrogens with zero attached hydrogens (tertiary/aromatic N) is 2. The van der Waals surface area contributed by atoms with Gasteiger partial charge in [-0.25, -0.2) is 15.8 Å². The number of carbonyl (C=O) groups is 2. The Labute approximate surface area is 97.9 Å². The molecule has 2 amide bonds. The molecule has 0 unspecified atom stereocenters. The second-order valence-corrected chi connectivity index (χ2v) is 3.04. The molecule has 3 rings (SSSR count). The molecule has 4 N–H and O–H groups in total. The van der Waals surface area contributed by atoms with Crippen LogP contribution in [0.4, 0.5) is 0 Å². The normalized spacial score (nSPS) is 16.2. The summed E-state index contributed by atoms with van der Waals surface area (Å²) in [5.41, 5.74) is 7.35. The number of aromatic amines is 1. The summed E-state index contributed by atoms with van der Waals surface area (Å²) in [6.45, 7) is 0.777. The third-order valence-corrected chi connectivity index (χ3v) is 1.67. The number of carbonyl (C=O) groups excluding carboxylic acids is 2. The fourth-order valence-electron chi connectivity index (χ4n) is 0.907. The van der Waals surface area contributed by atoms with Crippen molar-refractivity contribution in [1.82, 2.24) is 26.2 Å². The van der Waals surface area contributed by atoms with Crippen molar-refractivity contribution in [1.29, 1.82) is 0 Å². The van der Waals surface area contributed by atoms with Gasteiger partial charge in [0.25, 0.3) is 0 Å². The Balaban J connectivity index is 0.000000128. The van der Waals surface area contributed by atoms with E-state index in [0.717, 1.165) is 6.54 Å². The molecule has 1 fully saturated rings. The Morgan fingerprint density at radius 3 is 2.29 bits per heavy atom. The van der Waals surface area contributed by atoms with Crippen molar-refractivity contribution in [2.75, 3.05) is 6.54 Å². The molecule has 3 heterocycles. The van der Waals surface area contributed by atoms with E-state index in [-0.39, 0.29) is 11.8 Å². The molecule has 8 heteroatoms. The van der Waals surface area contributed by atoms with Crippen LogP contribution in [0.3, 0.4) is 0 Å². The van der Waals surface area contributed by atoms with Gasteiger partial charge in [-0.1, -0.05) is 0 Å². The number of amides is 2. The summed E-state index contributed by atoms with van der Waals surface area (Å²) < 4.78 is 0.